The van der Waals surface area contributed by atoms with Gasteiger partial charge in [0.25, 0.3) is 0 Å². The predicted octanol–water partition coefficient (Wildman–Crippen LogP) is 3.36. The average Bonchev–Trinajstić information content (AvgIpc) is 2.39. The molecule has 0 aliphatic heterocycles. The van der Waals surface area contributed by atoms with E-state index in [1.54, 1.807) is 0 Å². The molecule has 0 saturated carbocycles. The molecule has 20 heavy (non-hydrogen) atoms. The van der Waals surface area contributed by atoms with Crippen molar-refractivity contribution in [3.63, 3.8) is 0 Å². The Morgan fingerprint density at radius 3 is 2.30 bits per heavy atom. The quantitative estimate of drug-likeness (QED) is 0.856. The van der Waals surface area contributed by atoms with Crippen LogP contribution in [0, 0.1) is 23.3 Å². The molecule has 2 N–H and O–H groups in total. The standard InChI is InChI=1S/C15H13F4N/c16-11-4-5-13(17)10(6-11)8-12(20)7-9-2-1-3-14(18)15(9)19/h1-6,12H,7-8,20H2. The van der Waals surface area contributed by atoms with Crippen LogP contribution in [0.2, 0.25) is 0 Å². The first-order valence-electron chi connectivity index (χ1n) is 6.09. The van der Waals surface area contributed by atoms with Crippen LogP contribution in [0.25, 0.3) is 0 Å². The number of benzene rings is 2. The van der Waals surface area contributed by atoms with Gasteiger partial charge in [0.15, 0.2) is 11.6 Å². The molecule has 0 aliphatic carbocycles. The van der Waals surface area contributed by atoms with Crippen LogP contribution in [-0.4, -0.2) is 6.04 Å². The molecule has 0 bridgehead atoms. The molecule has 0 amide bonds. The summed E-state index contributed by atoms with van der Waals surface area (Å²) in [5.74, 6) is -3.04. The minimum absolute atomic E-state index is 0.0412. The smallest absolute Gasteiger partial charge is 0.162 e. The highest BCUT2D eigenvalue weighted by atomic mass is 19.2. The fourth-order valence-corrected chi connectivity index (χ4v) is 2.04. The zero-order valence-electron chi connectivity index (χ0n) is 10.5. The summed E-state index contributed by atoms with van der Waals surface area (Å²) in [5.41, 5.74) is 6.04. The summed E-state index contributed by atoms with van der Waals surface area (Å²) in [5, 5.41) is 0. The lowest BCUT2D eigenvalue weighted by Crippen LogP contribution is -2.26. The van der Waals surface area contributed by atoms with Crippen molar-refractivity contribution in [3.8, 4) is 0 Å². The molecule has 0 fully saturated rings. The van der Waals surface area contributed by atoms with E-state index in [-0.39, 0.29) is 24.0 Å². The first kappa shape index (κ1) is 14.5. The lowest BCUT2D eigenvalue weighted by Gasteiger charge is -2.13. The molecule has 5 heteroatoms. The van der Waals surface area contributed by atoms with E-state index in [1.165, 1.54) is 12.1 Å². The second-order valence-electron chi connectivity index (χ2n) is 4.62. The number of hydrogen-bond donors (Lipinski definition) is 1. The molecule has 2 aromatic rings. The van der Waals surface area contributed by atoms with Crippen LogP contribution in [-0.2, 0) is 12.8 Å². The fraction of sp³-hybridized carbons (Fsp3) is 0.200. The van der Waals surface area contributed by atoms with Crippen molar-refractivity contribution >= 4 is 0 Å². The summed E-state index contributed by atoms with van der Waals surface area (Å²) in [6, 6.07) is 6.25. The Bertz CT molecular complexity index is 609. The van der Waals surface area contributed by atoms with Crippen LogP contribution < -0.4 is 5.73 Å². The Kier molecular flexibility index (Phi) is 4.39. The van der Waals surface area contributed by atoms with E-state index in [2.05, 4.69) is 0 Å². The zero-order chi connectivity index (χ0) is 14.7. The molecular weight excluding hydrogens is 270 g/mol. The monoisotopic (exact) mass is 283 g/mol. The van der Waals surface area contributed by atoms with Crippen molar-refractivity contribution in [2.45, 2.75) is 18.9 Å². The molecule has 106 valence electrons. The predicted molar refractivity (Wildman–Crippen MR) is 68.1 cm³/mol. The van der Waals surface area contributed by atoms with Crippen LogP contribution >= 0.6 is 0 Å². The Balaban J connectivity index is 2.11. The number of nitrogens with two attached hydrogens (primary N) is 1. The molecule has 0 aliphatic rings. The molecular formula is C15H13F4N. The highest BCUT2D eigenvalue weighted by Crippen LogP contribution is 2.16. The van der Waals surface area contributed by atoms with Crippen molar-refractivity contribution in [1.29, 1.82) is 0 Å². The lowest BCUT2D eigenvalue weighted by atomic mass is 9.99. The van der Waals surface area contributed by atoms with Crippen LogP contribution in [0.3, 0.4) is 0 Å². The summed E-state index contributed by atoms with van der Waals surface area (Å²) >= 11 is 0. The van der Waals surface area contributed by atoms with Crippen molar-refractivity contribution in [3.05, 3.63) is 70.8 Å². The minimum Gasteiger partial charge on any atom is -0.327 e. The molecule has 2 rings (SSSR count). The van der Waals surface area contributed by atoms with Crippen molar-refractivity contribution in [2.24, 2.45) is 5.73 Å². The highest BCUT2D eigenvalue weighted by molar-refractivity contribution is 5.23. The average molecular weight is 283 g/mol. The van der Waals surface area contributed by atoms with Crippen LogP contribution in [0.15, 0.2) is 36.4 Å². The Morgan fingerprint density at radius 2 is 1.55 bits per heavy atom. The lowest BCUT2D eigenvalue weighted by molar-refractivity contribution is 0.491. The number of rotatable bonds is 4. The first-order chi connectivity index (χ1) is 9.47. The normalized spacial score (nSPS) is 12.4. The molecule has 0 aromatic heterocycles. The van der Waals surface area contributed by atoms with Gasteiger partial charge in [-0.15, -0.1) is 0 Å². The minimum atomic E-state index is -0.956. The van der Waals surface area contributed by atoms with E-state index in [1.807, 2.05) is 0 Å². The molecule has 1 unspecified atom stereocenters. The third-order valence-electron chi connectivity index (χ3n) is 3.00. The van der Waals surface area contributed by atoms with Crippen LogP contribution in [0.4, 0.5) is 17.6 Å². The Morgan fingerprint density at radius 1 is 0.850 bits per heavy atom. The second kappa shape index (κ2) is 6.05. The number of halogens is 4. The van der Waals surface area contributed by atoms with Gasteiger partial charge in [-0.05, 0) is 48.2 Å². The molecule has 0 radical (unpaired) electrons. The van der Waals surface area contributed by atoms with Crippen molar-refractivity contribution in [2.75, 3.05) is 0 Å². The maximum Gasteiger partial charge on any atom is 0.162 e. The Hall–Kier alpha value is -1.88. The van der Waals surface area contributed by atoms with Gasteiger partial charge in [0.05, 0.1) is 0 Å². The summed E-state index contributed by atoms with van der Waals surface area (Å²) in [7, 11) is 0. The molecule has 0 heterocycles. The van der Waals surface area contributed by atoms with Gasteiger partial charge < -0.3 is 5.73 Å². The van der Waals surface area contributed by atoms with Crippen LogP contribution in [0.5, 0.6) is 0 Å². The van der Waals surface area contributed by atoms with E-state index in [0.29, 0.717) is 0 Å². The fourth-order valence-electron chi connectivity index (χ4n) is 2.04. The highest BCUT2D eigenvalue weighted by Gasteiger charge is 2.14. The van der Waals surface area contributed by atoms with Gasteiger partial charge in [0, 0.05) is 6.04 Å². The van der Waals surface area contributed by atoms with E-state index < -0.39 is 29.3 Å². The molecule has 1 nitrogen and oxygen atoms in total. The third-order valence-corrected chi connectivity index (χ3v) is 3.00. The van der Waals surface area contributed by atoms with E-state index in [9.17, 15) is 17.6 Å². The summed E-state index contributed by atoms with van der Waals surface area (Å²) in [6.45, 7) is 0. The second-order valence-corrected chi connectivity index (χ2v) is 4.62. The zero-order valence-corrected chi connectivity index (χ0v) is 10.5. The van der Waals surface area contributed by atoms with Gasteiger partial charge in [0.1, 0.15) is 11.6 Å². The third kappa shape index (κ3) is 3.36. The van der Waals surface area contributed by atoms with Crippen molar-refractivity contribution in [1.82, 2.24) is 0 Å². The van der Waals surface area contributed by atoms with Crippen LogP contribution in [0.1, 0.15) is 11.1 Å². The van der Waals surface area contributed by atoms with Gasteiger partial charge in [-0.3, -0.25) is 0 Å². The SMILES string of the molecule is NC(Cc1cc(F)ccc1F)Cc1cccc(F)c1F. The van der Waals surface area contributed by atoms with Gasteiger partial charge >= 0.3 is 0 Å². The summed E-state index contributed by atoms with van der Waals surface area (Å²) in [4.78, 5) is 0. The largest absolute Gasteiger partial charge is 0.327 e. The summed E-state index contributed by atoms with van der Waals surface area (Å²) in [6.07, 6.45) is 0.0824. The van der Waals surface area contributed by atoms with Gasteiger partial charge in [0.2, 0.25) is 0 Å². The summed E-state index contributed by atoms with van der Waals surface area (Å²) < 4.78 is 53.0. The Labute approximate surface area is 114 Å². The van der Waals surface area contributed by atoms with Gasteiger partial charge in [-0.1, -0.05) is 12.1 Å². The van der Waals surface area contributed by atoms with Gasteiger partial charge in [-0.2, -0.15) is 0 Å². The maximum absolute atomic E-state index is 13.5. The topological polar surface area (TPSA) is 26.0 Å². The van der Waals surface area contributed by atoms with E-state index in [4.69, 9.17) is 5.73 Å². The van der Waals surface area contributed by atoms with E-state index >= 15 is 0 Å². The molecule has 1 atom stereocenters. The number of hydrogen-bond acceptors (Lipinski definition) is 1. The molecule has 0 saturated heterocycles. The maximum atomic E-state index is 13.5. The van der Waals surface area contributed by atoms with Gasteiger partial charge in [-0.25, -0.2) is 17.6 Å². The van der Waals surface area contributed by atoms with Crippen molar-refractivity contribution < 1.29 is 17.6 Å². The van der Waals surface area contributed by atoms with E-state index in [0.717, 1.165) is 24.3 Å². The molecule has 0 spiro atoms. The first-order valence-corrected chi connectivity index (χ1v) is 6.09. The molecule has 2 aromatic carbocycles.